The maximum atomic E-state index is 13.4. The number of morpholine rings is 1. The molecule has 2 aromatic rings. The Kier molecular flexibility index (Phi) is 11.2. The van der Waals surface area contributed by atoms with Gasteiger partial charge in [-0.3, -0.25) is 9.89 Å². The van der Waals surface area contributed by atoms with Crippen LogP contribution in [0.25, 0.3) is 0 Å². The van der Waals surface area contributed by atoms with Crippen LogP contribution in [0.2, 0.25) is 0 Å². The molecule has 0 spiro atoms. The average Bonchev–Trinajstić information content (AvgIpc) is 2.82. The van der Waals surface area contributed by atoms with E-state index < -0.39 is 0 Å². The molecule has 2 aromatic carbocycles. The van der Waals surface area contributed by atoms with E-state index in [2.05, 4.69) is 33.5 Å². The number of hydrogen-bond acceptors (Lipinski definition) is 4. The molecule has 2 unspecified atom stereocenters. The Labute approximate surface area is 207 Å². The molecule has 2 atom stereocenters. The van der Waals surface area contributed by atoms with E-state index in [-0.39, 0.29) is 41.8 Å². The zero-order chi connectivity index (χ0) is 22.1. The highest BCUT2D eigenvalue weighted by atomic mass is 127. The largest absolute Gasteiger partial charge is 0.496 e. The summed E-state index contributed by atoms with van der Waals surface area (Å²) in [6.07, 6.45) is 0. The lowest BCUT2D eigenvalue weighted by atomic mass is 10.0. The fourth-order valence-electron chi connectivity index (χ4n) is 3.88. The predicted molar refractivity (Wildman–Crippen MR) is 138 cm³/mol. The molecule has 1 heterocycles. The van der Waals surface area contributed by atoms with Gasteiger partial charge in [-0.05, 0) is 29.3 Å². The summed E-state index contributed by atoms with van der Waals surface area (Å²) in [4.78, 5) is 6.75. The van der Waals surface area contributed by atoms with Gasteiger partial charge in [0.05, 0.1) is 26.4 Å². The molecule has 0 saturated carbocycles. The van der Waals surface area contributed by atoms with E-state index in [0.29, 0.717) is 19.8 Å². The predicted octanol–water partition coefficient (Wildman–Crippen LogP) is 3.79. The van der Waals surface area contributed by atoms with Crippen molar-refractivity contribution in [3.8, 4) is 5.75 Å². The Bertz CT molecular complexity index is 844. The van der Waals surface area contributed by atoms with Crippen molar-refractivity contribution in [1.82, 2.24) is 15.5 Å². The molecular formula is C24H34FIN4O2. The molecule has 0 amide bonds. The van der Waals surface area contributed by atoms with Crippen LogP contribution < -0.4 is 15.4 Å². The molecule has 1 aliphatic heterocycles. The van der Waals surface area contributed by atoms with E-state index in [4.69, 9.17) is 9.47 Å². The second-order valence-electron chi connectivity index (χ2n) is 7.69. The molecule has 0 aliphatic carbocycles. The van der Waals surface area contributed by atoms with Crippen molar-refractivity contribution in [2.45, 2.75) is 18.9 Å². The number of guanidine groups is 1. The van der Waals surface area contributed by atoms with Crippen LogP contribution in [0.3, 0.4) is 0 Å². The molecular weight excluding hydrogens is 522 g/mol. The number of methoxy groups -OCH3 is 1. The molecule has 3 rings (SSSR count). The topological polar surface area (TPSA) is 58.1 Å². The van der Waals surface area contributed by atoms with Crippen LogP contribution in [0.4, 0.5) is 4.39 Å². The Hall–Kier alpha value is -1.91. The van der Waals surface area contributed by atoms with Crippen molar-refractivity contribution >= 4 is 29.9 Å². The third-order valence-electron chi connectivity index (χ3n) is 5.67. The number of nitrogens with one attached hydrogen (secondary N) is 2. The first-order chi connectivity index (χ1) is 15.1. The highest BCUT2D eigenvalue weighted by molar-refractivity contribution is 14.0. The van der Waals surface area contributed by atoms with Crippen LogP contribution in [-0.4, -0.2) is 64.4 Å². The molecule has 0 bridgehead atoms. The lowest BCUT2D eigenvalue weighted by Gasteiger charge is -2.35. The number of nitrogens with zero attached hydrogens (tertiary/aromatic N) is 2. The molecule has 2 N–H and O–H groups in total. The third-order valence-corrected chi connectivity index (χ3v) is 5.67. The zero-order valence-electron chi connectivity index (χ0n) is 19.0. The van der Waals surface area contributed by atoms with Crippen molar-refractivity contribution in [3.63, 3.8) is 0 Å². The Morgan fingerprint density at radius 1 is 1.09 bits per heavy atom. The van der Waals surface area contributed by atoms with Gasteiger partial charge >= 0.3 is 0 Å². The molecule has 1 saturated heterocycles. The number of hydrogen-bond donors (Lipinski definition) is 2. The zero-order valence-corrected chi connectivity index (χ0v) is 21.3. The molecule has 32 heavy (non-hydrogen) atoms. The summed E-state index contributed by atoms with van der Waals surface area (Å²) in [6.45, 7) is 6.66. The number of benzene rings is 2. The van der Waals surface area contributed by atoms with Gasteiger partial charge in [-0.1, -0.05) is 37.3 Å². The molecule has 8 heteroatoms. The minimum absolute atomic E-state index is 0. The van der Waals surface area contributed by atoms with Crippen molar-refractivity contribution < 1.29 is 13.9 Å². The monoisotopic (exact) mass is 556 g/mol. The third kappa shape index (κ3) is 7.31. The maximum Gasteiger partial charge on any atom is 0.191 e. The van der Waals surface area contributed by atoms with Gasteiger partial charge in [0.2, 0.25) is 0 Å². The first kappa shape index (κ1) is 26.3. The molecule has 0 aromatic heterocycles. The van der Waals surface area contributed by atoms with Crippen LogP contribution in [0.1, 0.15) is 30.0 Å². The van der Waals surface area contributed by atoms with Gasteiger partial charge in [0.1, 0.15) is 11.6 Å². The summed E-state index contributed by atoms with van der Waals surface area (Å²) in [6, 6.07) is 14.9. The van der Waals surface area contributed by atoms with Crippen molar-refractivity contribution in [3.05, 3.63) is 65.5 Å². The van der Waals surface area contributed by atoms with E-state index >= 15 is 0 Å². The van der Waals surface area contributed by atoms with Crippen LogP contribution in [0.5, 0.6) is 5.75 Å². The van der Waals surface area contributed by atoms with Crippen molar-refractivity contribution in [1.29, 1.82) is 0 Å². The van der Waals surface area contributed by atoms with E-state index in [1.807, 2.05) is 30.3 Å². The standard InChI is InChI=1S/C24H33FN4O2.HI/c1-18(21-6-4-5-7-23(21)30-3)16-27-24(26-2)28-17-22(29-12-14-31-15-13-29)19-8-10-20(25)11-9-19;/h4-11,18,22H,12-17H2,1-3H3,(H2,26,27,28);1H. The lowest BCUT2D eigenvalue weighted by Crippen LogP contribution is -2.46. The lowest BCUT2D eigenvalue weighted by molar-refractivity contribution is 0.0170. The van der Waals surface area contributed by atoms with Gasteiger partial charge in [0, 0.05) is 39.1 Å². The molecule has 6 nitrogen and oxygen atoms in total. The summed E-state index contributed by atoms with van der Waals surface area (Å²) >= 11 is 0. The molecule has 0 radical (unpaired) electrons. The van der Waals surface area contributed by atoms with Gasteiger partial charge in [-0.25, -0.2) is 4.39 Å². The summed E-state index contributed by atoms with van der Waals surface area (Å²) < 4.78 is 24.4. The second-order valence-corrected chi connectivity index (χ2v) is 7.69. The Balaban J connectivity index is 0.00000363. The number of rotatable bonds is 8. The van der Waals surface area contributed by atoms with E-state index in [1.165, 1.54) is 12.1 Å². The van der Waals surface area contributed by atoms with E-state index in [9.17, 15) is 4.39 Å². The first-order valence-corrected chi connectivity index (χ1v) is 10.8. The van der Waals surface area contributed by atoms with Crippen LogP contribution >= 0.6 is 24.0 Å². The minimum Gasteiger partial charge on any atom is -0.496 e. The first-order valence-electron chi connectivity index (χ1n) is 10.8. The Morgan fingerprint density at radius 2 is 1.75 bits per heavy atom. The summed E-state index contributed by atoms with van der Waals surface area (Å²) in [5, 5.41) is 6.86. The van der Waals surface area contributed by atoms with Gasteiger partial charge in [-0.2, -0.15) is 0 Å². The maximum absolute atomic E-state index is 13.4. The molecule has 1 fully saturated rings. The average molecular weight is 556 g/mol. The number of aliphatic imine (C=N–C) groups is 1. The SMILES string of the molecule is CN=C(NCC(C)c1ccccc1OC)NCC(c1ccc(F)cc1)N1CCOCC1.I. The van der Waals surface area contributed by atoms with E-state index in [0.717, 1.165) is 42.5 Å². The van der Waals surface area contributed by atoms with Gasteiger partial charge in [0.25, 0.3) is 0 Å². The summed E-state index contributed by atoms with van der Waals surface area (Å²) in [7, 11) is 3.46. The summed E-state index contributed by atoms with van der Waals surface area (Å²) in [5.74, 6) is 1.66. The number of ether oxygens (including phenoxy) is 2. The van der Waals surface area contributed by atoms with Gasteiger partial charge in [0.15, 0.2) is 5.96 Å². The van der Waals surface area contributed by atoms with Crippen LogP contribution in [0, 0.1) is 5.82 Å². The number of halogens is 2. The molecule has 176 valence electrons. The number of para-hydroxylation sites is 1. The fraction of sp³-hybridized carbons (Fsp3) is 0.458. The Morgan fingerprint density at radius 3 is 2.41 bits per heavy atom. The van der Waals surface area contributed by atoms with E-state index in [1.54, 1.807) is 14.2 Å². The van der Waals surface area contributed by atoms with Crippen molar-refractivity contribution in [2.24, 2.45) is 4.99 Å². The fourth-order valence-corrected chi connectivity index (χ4v) is 3.88. The minimum atomic E-state index is -0.222. The highest BCUT2D eigenvalue weighted by Gasteiger charge is 2.23. The summed E-state index contributed by atoms with van der Waals surface area (Å²) in [5.41, 5.74) is 2.24. The smallest absolute Gasteiger partial charge is 0.191 e. The quantitative estimate of drug-likeness (QED) is 0.295. The van der Waals surface area contributed by atoms with Crippen molar-refractivity contribution in [2.75, 3.05) is 53.6 Å². The normalized spacial score (nSPS) is 16.6. The van der Waals surface area contributed by atoms with Crippen LogP contribution in [-0.2, 0) is 4.74 Å². The van der Waals surface area contributed by atoms with Gasteiger partial charge < -0.3 is 20.1 Å². The molecule has 1 aliphatic rings. The second kappa shape index (κ2) is 13.6. The highest BCUT2D eigenvalue weighted by Crippen LogP contribution is 2.25. The van der Waals surface area contributed by atoms with Gasteiger partial charge in [-0.15, -0.1) is 24.0 Å². The van der Waals surface area contributed by atoms with Crippen LogP contribution in [0.15, 0.2) is 53.5 Å².